The SMILES string of the molecule is C=Cc1ccc(Nc2cccc(-c3cccc(O)c3)c2)cn1. The standard InChI is InChI=1S/C19H16N2O/c1-2-16-9-10-18(13-20-16)21-17-7-3-5-14(11-17)15-6-4-8-19(22)12-15/h2-13,21-22H,1H2. The second kappa shape index (κ2) is 6.14. The predicted molar refractivity (Wildman–Crippen MR) is 91.2 cm³/mol. The molecule has 0 saturated heterocycles. The Hall–Kier alpha value is -3.07. The average molecular weight is 288 g/mol. The molecular weight excluding hydrogens is 272 g/mol. The molecule has 0 bridgehead atoms. The van der Waals surface area contributed by atoms with Gasteiger partial charge in [0.05, 0.1) is 17.6 Å². The van der Waals surface area contributed by atoms with Gasteiger partial charge in [-0.2, -0.15) is 0 Å². The molecule has 108 valence electrons. The molecule has 2 aromatic carbocycles. The highest BCUT2D eigenvalue weighted by Gasteiger charge is 2.01. The lowest BCUT2D eigenvalue weighted by atomic mass is 10.0. The summed E-state index contributed by atoms with van der Waals surface area (Å²) >= 11 is 0. The third-order valence-corrected chi connectivity index (χ3v) is 3.33. The Morgan fingerprint density at radius 3 is 2.36 bits per heavy atom. The molecule has 0 fully saturated rings. The van der Waals surface area contributed by atoms with Crippen LogP contribution in [0.2, 0.25) is 0 Å². The van der Waals surface area contributed by atoms with Crippen molar-refractivity contribution in [2.45, 2.75) is 0 Å². The number of phenolic OH excluding ortho intramolecular Hbond substituents is 1. The lowest BCUT2D eigenvalue weighted by Crippen LogP contribution is -1.92. The predicted octanol–water partition coefficient (Wildman–Crippen LogP) is 4.84. The lowest BCUT2D eigenvalue weighted by Gasteiger charge is -2.09. The van der Waals surface area contributed by atoms with Gasteiger partial charge in [0.15, 0.2) is 0 Å². The van der Waals surface area contributed by atoms with Crippen LogP contribution < -0.4 is 5.32 Å². The Morgan fingerprint density at radius 1 is 0.909 bits per heavy atom. The smallest absolute Gasteiger partial charge is 0.116 e. The van der Waals surface area contributed by atoms with E-state index in [0.717, 1.165) is 28.2 Å². The average Bonchev–Trinajstić information content (AvgIpc) is 2.56. The maximum atomic E-state index is 9.60. The summed E-state index contributed by atoms with van der Waals surface area (Å²) in [6.45, 7) is 3.69. The molecule has 0 unspecified atom stereocenters. The highest BCUT2D eigenvalue weighted by molar-refractivity contribution is 5.71. The van der Waals surface area contributed by atoms with E-state index in [-0.39, 0.29) is 5.75 Å². The van der Waals surface area contributed by atoms with E-state index in [4.69, 9.17) is 0 Å². The van der Waals surface area contributed by atoms with Crippen molar-refractivity contribution < 1.29 is 5.11 Å². The molecule has 0 atom stereocenters. The maximum absolute atomic E-state index is 9.60. The third kappa shape index (κ3) is 3.15. The van der Waals surface area contributed by atoms with Crippen molar-refractivity contribution in [1.29, 1.82) is 0 Å². The summed E-state index contributed by atoms with van der Waals surface area (Å²) in [5.74, 6) is 0.264. The molecule has 1 aromatic heterocycles. The Bertz CT molecular complexity index is 795. The van der Waals surface area contributed by atoms with Crippen molar-refractivity contribution in [2.24, 2.45) is 0 Å². The summed E-state index contributed by atoms with van der Waals surface area (Å²) in [7, 11) is 0. The topological polar surface area (TPSA) is 45.1 Å². The zero-order valence-corrected chi connectivity index (χ0v) is 12.0. The van der Waals surface area contributed by atoms with Gasteiger partial charge in [-0.25, -0.2) is 0 Å². The van der Waals surface area contributed by atoms with Gasteiger partial charge < -0.3 is 10.4 Å². The Morgan fingerprint density at radius 2 is 1.68 bits per heavy atom. The van der Waals surface area contributed by atoms with Crippen molar-refractivity contribution in [3.8, 4) is 16.9 Å². The van der Waals surface area contributed by atoms with Gasteiger partial charge in [0.1, 0.15) is 5.75 Å². The molecule has 0 spiro atoms. The fourth-order valence-electron chi connectivity index (χ4n) is 2.23. The van der Waals surface area contributed by atoms with Crippen molar-refractivity contribution in [2.75, 3.05) is 5.32 Å². The fraction of sp³-hybridized carbons (Fsp3) is 0. The van der Waals surface area contributed by atoms with E-state index >= 15 is 0 Å². The molecule has 1 heterocycles. The summed E-state index contributed by atoms with van der Waals surface area (Å²) in [5.41, 5.74) is 4.74. The number of pyridine rings is 1. The van der Waals surface area contributed by atoms with Crippen LogP contribution >= 0.6 is 0 Å². The first-order valence-corrected chi connectivity index (χ1v) is 6.99. The van der Waals surface area contributed by atoms with Gasteiger partial charge in [-0.15, -0.1) is 0 Å². The van der Waals surface area contributed by atoms with Crippen LogP contribution in [0, 0.1) is 0 Å². The van der Waals surface area contributed by atoms with Crippen molar-refractivity contribution in [1.82, 2.24) is 4.98 Å². The van der Waals surface area contributed by atoms with E-state index in [0.29, 0.717) is 0 Å². The minimum absolute atomic E-state index is 0.264. The number of benzene rings is 2. The molecule has 0 aliphatic carbocycles. The van der Waals surface area contributed by atoms with Crippen LogP contribution in [-0.4, -0.2) is 10.1 Å². The number of phenols is 1. The molecule has 3 aromatic rings. The third-order valence-electron chi connectivity index (χ3n) is 3.33. The fourth-order valence-corrected chi connectivity index (χ4v) is 2.23. The number of hydrogen-bond acceptors (Lipinski definition) is 3. The van der Waals surface area contributed by atoms with Gasteiger partial charge >= 0.3 is 0 Å². The van der Waals surface area contributed by atoms with Crippen LogP contribution in [-0.2, 0) is 0 Å². The highest BCUT2D eigenvalue weighted by atomic mass is 16.3. The summed E-state index contributed by atoms with van der Waals surface area (Å²) in [6.07, 6.45) is 3.49. The molecule has 0 amide bonds. The van der Waals surface area contributed by atoms with Crippen LogP contribution in [0.15, 0.2) is 73.4 Å². The van der Waals surface area contributed by atoms with E-state index in [1.54, 1.807) is 24.4 Å². The Labute approximate surface area is 129 Å². The quantitative estimate of drug-likeness (QED) is 0.722. The van der Waals surface area contributed by atoms with Crippen LogP contribution in [0.3, 0.4) is 0 Å². The Kier molecular flexibility index (Phi) is 3.88. The highest BCUT2D eigenvalue weighted by Crippen LogP contribution is 2.26. The van der Waals surface area contributed by atoms with Gasteiger partial charge in [-0.1, -0.05) is 30.8 Å². The monoisotopic (exact) mass is 288 g/mol. The first-order chi connectivity index (χ1) is 10.7. The molecule has 22 heavy (non-hydrogen) atoms. The van der Waals surface area contributed by atoms with Gasteiger partial charge in [0.25, 0.3) is 0 Å². The number of rotatable bonds is 4. The second-order valence-electron chi connectivity index (χ2n) is 4.93. The van der Waals surface area contributed by atoms with Gasteiger partial charge in [0.2, 0.25) is 0 Å². The largest absolute Gasteiger partial charge is 0.508 e. The van der Waals surface area contributed by atoms with E-state index in [9.17, 15) is 5.11 Å². The summed E-state index contributed by atoms with van der Waals surface area (Å²) in [5, 5.41) is 12.9. The zero-order valence-electron chi connectivity index (χ0n) is 12.0. The molecule has 3 heteroatoms. The molecule has 0 radical (unpaired) electrons. The minimum atomic E-state index is 0.264. The van der Waals surface area contributed by atoms with Crippen molar-refractivity contribution in [3.05, 3.63) is 79.1 Å². The van der Waals surface area contributed by atoms with Crippen LogP contribution in [0.4, 0.5) is 11.4 Å². The number of nitrogens with zero attached hydrogens (tertiary/aromatic N) is 1. The lowest BCUT2D eigenvalue weighted by molar-refractivity contribution is 0.475. The first kappa shape index (κ1) is 13.9. The van der Waals surface area contributed by atoms with Gasteiger partial charge in [-0.05, 0) is 53.6 Å². The molecule has 0 aliphatic rings. The molecule has 3 rings (SSSR count). The number of nitrogens with one attached hydrogen (secondary N) is 1. The number of hydrogen-bond donors (Lipinski definition) is 2. The molecule has 2 N–H and O–H groups in total. The van der Waals surface area contributed by atoms with Gasteiger partial charge in [0, 0.05) is 5.69 Å². The molecular formula is C19H16N2O. The summed E-state index contributed by atoms with van der Waals surface area (Å²) in [6, 6.07) is 19.1. The van der Waals surface area contributed by atoms with Crippen molar-refractivity contribution in [3.63, 3.8) is 0 Å². The number of anilines is 2. The molecule has 3 nitrogen and oxygen atoms in total. The normalized spacial score (nSPS) is 10.2. The molecule has 0 aliphatic heterocycles. The molecule has 0 saturated carbocycles. The summed E-state index contributed by atoms with van der Waals surface area (Å²) < 4.78 is 0. The first-order valence-electron chi connectivity index (χ1n) is 6.99. The van der Waals surface area contributed by atoms with Gasteiger partial charge in [-0.3, -0.25) is 4.98 Å². The summed E-state index contributed by atoms with van der Waals surface area (Å²) in [4.78, 5) is 4.27. The van der Waals surface area contributed by atoms with E-state index in [2.05, 4.69) is 16.9 Å². The number of aromatic hydroxyl groups is 1. The van der Waals surface area contributed by atoms with Crippen molar-refractivity contribution >= 4 is 17.5 Å². The van der Waals surface area contributed by atoms with Crippen LogP contribution in [0.5, 0.6) is 5.75 Å². The van der Waals surface area contributed by atoms with E-state index < -0.39 is 0 Å². The van der Waals surface area contributed by atoms with E-state index in [1.165, 1.54) is 0 Å². The zero-order chi connectivity index (χ0) is 15.4. The second-order valence-corrected chi connectivity index (χ2v) is 4.93. The van der Waals surface area contributed by atoms with Crippen LogP contribution in [0.1, 0.15) is 5.69 Å². The Balaban J connectivity index is 1.85. The minimum Gasteiger partial charge on any atom is -0.508 e. The van der Waals surface area contributed by atoms with Crippen LogP contribution in [0.25, 0.3) is 17.2 Å². The van der Waals surface area contributed by atoms with E-state index in [1.807, 2.05) is 48.5 Å². The maximum Gasteiger partial charge on any atom is 0.116 e. The number of aromatic nitrogens is 1.